The Hall–Kier alpha value is -1.39. The van der Waals surface area contributed by atoms with Crippen LogP contribution in [0.3, 0.4) is 0 Å². The lowest BCUT2D eigenvalue weighted by molar-refractivity contribution is 0.411. The molecular weight excluding hydrogens is 232 g/mol. The second kappa shape index (κ2) is 5.29. The van der Waals surface area contributed by atoms with Gasteiger partial charge in [0.15, 0.2) is 0 Å². The minimum Gasteiger partial charge on any atom is -0.495 e. The molecule has 2 rings (SSSR count). The Balaban J connectivity index is 2.34. The molecule has 2 heterocycles. The lowest BCUT2D eigenvalue weighted by Crippen LogP contribution is -2.16. The number of rotatable bonds is 4. The molecule has 1 atom stereocenters. The molecule has 17 heavy (non-hydrogen) atoms. The predicted octanol–water partition coefficient (Wildman–Crippen LogP) is 2.77. The first-order chi connectivity index (χ1) is 8.24. The van der Waals surface area contributed by atoms with E-state index < -0.39 is 0 Å². The normalized spacial score (nSPS) is 12.4. The second-order valence-corrected chi connectivity index (χ2v) is 5.15. The summed E-state index contributed by atoms with van der Waals surface area (Å²) in [5.74, 6) is 0.788. The van der Waals surface area contributed by atoms with Gasteiger partial charge in [-0.3, -0.25) is 4.98 Å². The first-order valence-corrected chi connectivity index (χ1v) is 6.28. The van der Waals surface area contributed by atoms with Crippen molar-refractivity contribution < 1.29 is 4.74 Å². The van der Waals surface area contributed by atoms with Crippen molar-refractivity contribution in [2.24, 2.45) is 0 Å². The van der Waals surface area contributed by atoms with Crippen LogP contribution in [-0.4, -0.2) is 19.1 Å². The summed E-state index contributed by atoms with van der Waals surface area (Å²) >= 11 is 1.80. The average Bonchev–Trinajstić information content (AvgIpc) is 2.77. The maximum atomic E-state index is 5.20. The standard InChI is InChI=1S/C13H16N2OS/c1-9-4-5-12(17-9)13(14-2)10-6-11(16-3)8-15-7-10/h4-8,13-14H,1-3H3. The van der Waals surface area contributed by atoms with E-state index in [-0.39, 0.29) is 6.04 Å². The highest BCUT2D eigenvalue weighted by molar-refractivity contribution is 7.12. The fourth-order valence-corrected chi connectivity index (χ4v) is 2.80. The number of nitrogens with zero attached hydrogens (tertiary/aromatic N) is 1. The third-order valence-corrected chi connectivity index (χ3v) is 3.70. The molecule has 0 aliphatic carbocycles. The number of hydrogen-bond acceptors (Lipinski definition) is 4. The van der Waals surface area contributed by atoms with E-state index in [0.29, 0.717) is 0 Å². The number of aromatic nitrogens is 1. The van der Waals surface area contributed by atoms with Crippen LogP contribution in [-0.2, 0) is 0 Å². The first-order valence-electron chi connectivity index (χ1n) is 5.47. The van der Waals surface area contributed by atoms with Crippen molar-refractivity contribution in [1.29, 1.82) is 0 Å². The molecule has 2 aromatic heterocycles. The first kappa shape index (κ1) is 12.1. The average molecular weight is 248 g/mol. The van der Waals surface area contributed by atoms with Crippen LogP contribution in [0.5, 0.6) is 5.75 Å². The van der Waals surface area contributed by atoms with Crippen molar-refractivity contribution in [1.82, 2.24) is 10.3 Å². The Bertz CT molecular complexity index is 496. The molecule has 0 aromatic carbocycles. The van der Waals surface area contributed by atoms with Crippen molar-refractivity contribution in [2.75, 3.05) is 14.2 Å². The summed E-state index contributed by atoms with van der Waals surface area (Å²) in [6.45, 7) is 2.12. The van der Waals surface area contributed by atoms with Crippen LogP contribution < -0.4 is 10.1 Å². The van der Waals surface area contributed by atoms with E-state index in [4.69, 9.17) is 4.74 Å². The minimum absolute atomic E-state index is 0.177. The topological polar surface area (TPSA) is 34.2 Å². The fraction of sp³-hybridized carbons (Fsp3) is 0.308. The van der Waals surface area contributed by atoms with Gasteiger partial charge in [0.1, 0.15) is 5.75 Å². The Morgan fingerprint density at radius 3 is 2.76 bits per heavy atom. The van der Waals surface area contributed by atoms with E-state index in [1.165, 1.54) is 9.75 Å². The summed E-state index contributed by atoms with van der Waals surface area (Å²) in [5.41, 5.74) is 1.12. The molecule has 0 aliphatic heterocycles. The number of hydrogen-bond donors (Lipinski definition) is 1. The number of thiophene rings is 1. The van der Waals surface area contributed by atoms with Crippen molar-refractivity contribution in [3.8, 4) is 5.75 Å². The summed E-state index contributed by atoms with van der Waals surface area (Å²) in [5, 5.41) is 3.31. The van der Waals surface area contributed by atoms with E-state index in [0.717, 1.165) is 11.3 Å². The quantitative estimate of drug-likeness (QED) is 0.903. The van der Waals surface area contributed by atoms with E-state index in [2.05, 4.69) is 29.4 Å². The van der Waals surface area contributed by atoms with Crippen LogP contribution in [0.25, 0.3) is 0 Å². The maximum Gasteiger partial charge on any atom is 0.137 e. The molecule has 90 valence electrons. The molecule has 4 heteroatoms. The summed E-state index contributed by atoms with van der Waals surface area (Å²) < 4.78 is 5.20. The molecular formula is C13H16N2OS. The van der Waals surface area contributed by atoms with Gasteiger partial charge in [0.05, 0.1) is 19.3 Å². The molecule has 0 amide bonds. The zero-order valence-electron chi connectivity index (χ0n) is 10.2. The molecule has 0 radical (unpaired) electrons. The molecule has 0 saturated carbocycles. The lowest BCUT2D eigenvalue weighted by Gasteiger charge is -2.15. The van der Waals surface area contributed by atoms with Gasteiger partial charge in [-0.05, 0) is 37.7 Å². The molecule has 0 fully saturated rings. The molecule has 3 nitrogen and oxygen atoms in total. The fourth-order valence-electron chi connectivity index (χ4n) is 1.79. The molecule has 1 N–H and O–H groups in total. The van der Waals surface area contributed by atoms with Gasteiger partial charge >= 0.3 is 0 Å². The van der Waals surface area contributed by atoms with E-state index in [9.17, 15) is 0 Å². The van der Waals surface area contributed by atoms with E-state index in [1.807, 2.05) is 19.3 Å². The minimum atomic E-state index is 0.177. The monoisotopic (exact) mass is 248 g/mol. The third-order valence-electron chi connectivity index (χ3n) is 2.64. The van der Waals surface area contributed by atoms with Crippen LogP contribution >= 0.6 is 11.3 Å². The van der Waals surface area contributed by atoms with Crippen molar-refractivity contribution >= 4 is 11.3 Å². The maximum absolute atomic E-state index is 5.20. The number of methoxy groups -OCH3 is 1. The zero-order chi connectivity index (χ0) is 12.3. The summed E-state index contributed by atoms with van der Waals surface area (Å²) in [7, 11) is 3.61. The van der Waals surface area contributed by atoms with Crippen molar-refractivity contribution in [3.63, 3.8) is 0 Å². The Morgan fingerprint density at radius 2 is 2.18 bits per heavy atom. The molecule has 2 aromatic rings. The van der Waals surface area contributed by atoms with Crippen LogP contribution in [0.1, 0.15) is 21.4 Å². The van der Waals surface area contributed by atoms with Gasteiger partial charge < -0.3 is 10.1 Å². The molecule has 1 unspecified atom stereocenters. The highest BCUT2D eigenvalue weighted by Crippen LogP contribution is 2.28. The zero-order valence-corrected chi connectivity index (χ0v) is 11.0. The molecule has 0 spiro atoms. The molecule has 0 aliphatic rings. The van der Waals surface area contributed by atoms with Gasteiger partial charge in [-0.15, -0.1) is 11.3 Å². The highest BCUT2D eigenvalue weighted by atomic mass is 32.1. The summed E-state index contributed by atoms with van der Waals surface area (Å²) in [6, 6.07) is 6.48. The molecule has 0 bridgehead atoms. The Kier molecular flexibility index (Phi) is 3.76. The van der Waals surface area contributed by atoms with Gasteiger partial charge in [0.2, 0.25) is 0 Å². The Labute approximate surface area is 105 Å². The second-order valence-electron chi connectivity index (χ2n) is 3.83. The third kappa shape index (κ3) is 2.65. The van der Waals surface area contributed by atoms with Crippen molar-refractivity contribution in [3.05, 3.63) is 45.9 Å². The van der Waals surface area contributed by atoms with E-state index in [1.54, 1.807) is 24.6 Å². The van der Waals surface area contributed by atoms with Crippen LogP contribution in [0.4, 0.5) is 0 Å². The van der Waals surface area contributed by atoms with Crippen molar-refractivity contribution in [2.45, 2.75) is 13.0 Å². The van der Waals surface area contributed by atoms with Crippen LogP contribution in [0.2, 0.25) is 0 Å². The summed E-state index contributed by atoms with van der Waals surface area (Å²) in [6.07, 6.45) is 3.59. The summed E-state index contributed by atoms with van der Waals surface area (Å²) in [4.78, 5) is 6.80. The number of nitrogens with one attached hydrogen (secondary N) is 1. The number of aryl methyl sites for hydroxylation is 1. The van der Waals surface area contributed by atoms with Gasteiger partial charge in [-0.1, -0.05) is 0 Å². The highest BCUT2D eigenvalue weighted by Gasteiger charge is 2.14. The lowest BCUT2D eigenvalue weighted by atomic mass is 10.1. The van der Waals surface area contributed by atoms with Gasteiger partial charge in [0.25, 0.3) is 0 Å². The van der Waals surface area contributed by atoms with Crippen LogP contribution in [0.15, 0.2) is 30.6 Å². The number of ether oxygens (including phenoxy) is 1. The van der Waals surface area contributed by atoms with E-state index >= 15 is 0 Å². The smallest absolute Gasteiger partial charge is 0.137 e. The largest absolute Gasteiger partial charge is 0.495 e. The predicted molar refractivity (Wildman–Crippen MR) is 70.7 cm³/mol. The molecule has 0 saturated heterocycles. The Morgan fingerprint density at radius 1 is 1.35 bits per heavy atom. The van der Waals surface area contributed by atoms with Gasteiger partial charge in [-0.25, -0.2) is 0 Å². The van der Waals surface area contributed by atoms with Crippen LogP contribution in [0, 0.1) is 6.92 Å². The number of pyridine rings is 1. The SMILES string of the molecule is CNC(c1cncc(OC)c1)c1ccc(C)s1. The van der Waals surface area contributed by atoms with Gasteiger partial charge in [0, 0.05) is 16.0 Å². The van der Waals surface area contributed by atoms with Gasteiger partial charge in [-0.2, -0.15) is 0 Å².